The Kier molecular flexibility index (Phi) is 4.45. The monoisotopic (exact) mass is 279 g/mol. The predicted octanol–water partition coefficient (Wildman–Crippen LogP) is 1.44. The number of hydrogen-bond acceptors (Lipinski definition) is 8. The number of rotatable bonds is 6. The first-order valence-corrected chi connectivity index (χ1v) is 6.91. The summed E-state index contributed by atoms with van der Waals surface area (Å²) >= 11 is 1.57. The Hall–Kier alpha value is -1.96. The van der Waals surface area contributed by atoms with E-state index in [4.69, 9.17) is 0 Å². The molecule has 0 aromatic carbocycles. The van der Waals surface area contributed by atoms with E-state index in [2.05, 4.69) is 30.6 Å². The zero-order chi connectivity index (χ0) is 13.7. The minimum absolute atomic E-state index is 0.544. The molecule has 2 N–H and O–H groups in total. The standard InChI is InChI=1S/C11H17N7S/c1-4-12-9-15-10(17-11(16-9)18(2)3)13-5-8-6-19-7-14-8/h6-7H,4-5H2,1-3H3,(H2,12,13,15,16,17). The Balaban J connectivity index is 2.13. The Morgan fingerprint density at radius 3 is 2.47 bits per heavy atom. The van der Waals surface area contributed by atoms with Crippen LogP contribution in [0.1, 0.15) is 12.6 Å². The summed E-state index contributed by atoms with van der Waals surface area (Å²) in [5, 5.41) is 8.24. The third kappa shape index (κ3) is 3.75. The lowest BCUT2D eigenvalue weighted by Gasteiger charge is -2.13. The van der Waals surface area contributed by atoms with E-state index in [9.17, 15) is 0 Å². The normalized spacial score (nSPS) is 10.3. The second-order valence-electron chi connectivity index (χ2n) is 4.04. The molecule has 0 aliphatic rings. The molecule has 2 heterocycles. The molecule has 0 saturated heterocycles. The molecule has 0 amide bonds. The van der Waals surface area contributed by atoms with E-state index in [0.29, 0.717) is 24.4 Å². The van der Waals surface area contributed by atoms with Crippen molar-refractivity contribution in [3.05, 3.63) is 16.6 Å². The van der Waals surface area contributed by atoms with Gasteiger partial charge < -0.3 is 15.5 Å². The van der Waals surface area contributed by atoms with Crippen LogP contribution in [0.4, 0.5) is 17.8 Å². The molecule has 0 unspecified atom stereocenters. The van der Waals surface area contributed by atoms with Crippen LogP contribution >= 0.6 is 11.3 Å². The van der Waals surface area contributed by atoms with Crippen LogP contribution < -0.4 is 15.5 Å². The average molecular weight is 279 g/mol. The van der Waals surface area contributed by atoms with Crippen LogP contribution in [0.5, 0.6) is 0 Å². The molecule has 2 aromatic rings. The zero-order valence-electron chi connectivity index (χ0n) is 11.2. The molecule has 2 aromatic heterocycles. The van der Waals surface area contributed by atoms with E-state index in [1.165, 1.54) is 0 Å². The lowest BCUT2D eigenvalue weighted by molar-refractivity contribution is 0.931. The van der Waals surface area contributed by atoms with Gasteiger partial charge in [-0.2, -0.15) is 15.0 Å². The van der Waals surface area contributed by atoms with E-state index >= 15 is 0 Å². The molecule has 7 nitrogen and oxygen atoms in total. The Morgan fingerprint density at radius 1 is 1.16 bits per heavy atom. The molecule has 0 fully saturated rings. The van der Waals surface area contributed by atoms with Crippen molar-refractivity contribution in [2.75, 3.05) is 36.2 Å². The fourth-order valence-corrected chi connectivity index (χ4v) is 1.93. The largest absolute Gasteiger partial charge is 0.354 e. The summed E-state index contributed by atoms with van der Waals surface area (Å²) in [4.78, 5) is 19.0. The number of nitrogens with zero attached hydrogens (tertiary/aromatic N) is 5. The van der Waals surface area contributed by atoms with Crippen molar-refractivity contribution in [3.63, 3.8) is 0 Å². The minimum Gasteiger partial charge on any atom is -0.354 e. The minimum atomic E-state index is 0.544. The maximum absolute atomic E-state index is 4.34. The van der Waals surface area contributed by atoms with E-state index in [-0.39, 0.29) is 0 Å². The van der Waals surface area contributed by atoms with Gasteiger partial charge in [0.25, 0.3) is 0 Å². The van der Waals surface area contributed by atoms with Crippen molar-refractivity contribution < 1.29 is 0 Å². The molecule has 19 heavy (non-hydrogen) atoms. The second kappa shape index (κ2) is 6.28. The molecular weight excluding hydrogens is 262 g/mol. The van der Waals surface area contributed by atoms with E-state index in [1.807, 2.05) is 31.3 Å². The molecule has 0 saturated carbocycles. The fourth-order valence-electron chi connectivity index (χ4n) is 1.38. The molecule has 102 valence electrons. The van der Waals surface area contributed by atoms with Gasteiger partial charge in [0.15, 0.2) is 0 Å². The quantitative estimate of drug-likeness (QED) is 0.828. The number of anilines is 3. The molecule has 8 heteroatoms. The first-order valence-electron chi connectivity index (χ1n) is 5.97. The topological polar surface area (TPSA) is 78.9 Å². The van der Waals surface area contributed by atoms with Crippen LogP contribution in [0, 0.1) is 0 Å². The van der Waals surface area contributed by atoms with Crippen molar-refractivity contribution in [3.8, 4) is 0 Å². The number of thiazole rings is 1. The van der Waals surface area contributed by atoms with Gasteiger partial charge in [-0.25, -0.2) is 4.98 Å². The molecule has 2 rings (SSSR count). The summed E-state index contributed by atoms with van der Waals surface area (Å²) in [5.74, 6) is 1.73. The average Bonchev–Trinajstić information content (AvgIpc) is 2.89. The van der Waals surface area contributed by atoms with Crippen LogP contribution in [0.25, 0.3) is 0 Å². The molecule has 0 atom stereocenters. The molecule has 0 spiro atoms. The first-order chi connectivity index (χ1) is 9.19. The number of aromatic nitrogens is 4. The highest BCUT2D eigenvalue weighted by Gasteiger charge is 2.07. The zero-order valence-corrected chi connectivity index (χ0v) is 12.0. The van der Waals surface area contributed by atoms with Crippen LogP contribution in [0.3, 0.4) is 0 Å². The van der Waals surface area contributed by atoms with Crippen molar-refractivity contribution >= 4 is 29.2 Å². The van der Waals surface area contributed by atoms with Gasteiger partial charge in [0.05, 0.1) is 17.7 Å². The van der Waals surface area contributed by atoms with E-state index in [1.54, 1.807) is 16.8 Å². The van der Waals surface area contributed by atoms with E-state index in [0.717, 1.165) is 12.2 Å². The Bertz CT molecular complexity index is 512. The molecule has 0 aliphatic heterocycles. The third-order valence-electron chi connectivity index (χ3n) is 2.27. The van der Waals surface area contributed by atoms with Crippen molar-refractivity contribution in [1.29, 1.82) is 0 Å². The van der Waals surface area contributed by atoms with Gasteiger partial charge in [-0.15, -0.1) is 11.3 Å². The lowest BCUT2D eigenvalue weighted by atomic mass is 10.5. The summed E-state index contributed by atoms with van der Waals surface area (Å²) in [5.41, 5.74) is 2.78. The highest BCUT2D eigenvalue weighted by atomic mass is 32.1. The van der Waals surface area contributed by atoms with Crippen molar-refractivity contribution in [2.45, 2.75) is 13.5 Å². The maximum Gasteiger partial charge on any atom is 0.231 e. The third-order valence-corrected chi connectivity index (χ3v) is 2.90. The van der Waals surface area contributed by atoms with Crippen LogP contribution in [-0.4, -0.2) is 40.6 Å². The van der Waals surface area contributed by atoms with Crippen molar-refractivity contribution in [1.82, 2.24) is 19.9 Å². The van der Waals surface area contributed by atoms with Crippen LogP contribution in [-0.2, 0) is 6.54 Å². The highest BCUT2D eigenvalue weighted by Crippen LogP contribution is 2.12. The summed E-state index contributed by atoms with van der Waals surface area (Å²) in [6.45, 7) is 3.37. The maximum atomic E-state index is 4.34. The number of nitrogens with one attached hydrogen (secondary N) is 2. The Morgan fingerprint density at radius 2 is 1.89 bits per heavy atom. The molecule has 0 radical (unpaired) electrons. The predicted molar refractivity (Wildman–Crippen MR) is 77.8 cm³/mol. The summed E-state index contributed by atoms with van der Waals surface area (Å²) in [6.07, 6.45) is 0. The first kappa shape index (κ1) is 13.5. The molecule has 0 bridgehead atoms. The smallest absolute Gasteiger partial charge is 0.231 e. The summed E-state index contributed by atoms with van der Waals surface area (Å²) in [7, 11) is 3.80. The molecule has 0 aliphatic carbocycles. The van der Waals surface area contributed by atoms with Gasteiger partial charge in [0, 0.05) is 26.0 Å². The van der Waals surface area contributed by atoms with Crippen LogP contribution in [0.15, 0.2) is 10.9 Å². The highest BCUT2D eigenvalue weighted by molar-refractivity contribution is 7.07. The second-order valence-corrected chi connectivity index (χ2v) is 4.76. The van der Waals surface area contributed by atoms with Gasteiger partial charge in [-0.1, -0.05) is 0 Å². The SMILES string of the molecule is CCNc1nc(NCc2cscn2)nc(N(C)C)n1. The summed E-state index contributed by atoms with van der Waals surface area (Å²) < 4.78 is 0. The van der Waals surface area contributed by atoms with Gasteiger partial charge in [-0.05, 0) is 6.92 Å². The van der Waals surface area contributed by atoms with Gasteiger partial charge >= 0.3 is 0 Å². The Labute approximate surface area is 116 Å². The fraction of sp³-hybridized carbons (Fsp3) is 0.455. The number of hydrogen-bond donors (Lipinski definition) is 2. The van der Waals surface area contributed by atoms with Gasteiger partial charge in [0.2, 0.25) is 17.8 Å². The van der Waals surface area contributed by atoms with Gasteiger partial charge in [0.1, 0.15) is 0 Å². The lowest BCUT2D eigenvalue weighted by Crippen LogP contribution is -2.17. The molecular formula is C11H17N7S. The van der Waals surface area contributed by atoms with Crippen molar-refractivity contribution in [2.24, 2.45) is 0 Å². The summed E-state index contributed by atoms with van der Waals surface area (Å²) in [6, 6.07) is 0. The van der Waals surface area contributed by atoms with Crippen LogP contribution in [0.2, 0.25) is 0 Å². The van der Waals surface area contributed by atoms with E-state index < -0.39 is 0 Å². The van der Waals surface area contributed by atoms with Gasteiger partial charge in [-0.3, -0.25) is 0 Å².